The van der Waals surface area contributed by atoms with Gasteiger partial charge in [-0.25, -0.2) is 4.99 Å². The summed E-state index contributed by atoms with van der Waals surface area (Å²) in [4.78, 5) is 22.5. The van der Waals surface area contributed by atoms with E-state index in [1.54, 1.807) is 25.1 Å². The predicted molar refractivity (Wildman–Crippen MR) is 105 cm³/mol. The first kappa shape index (κ1) is 20.0. The van der Waals surface area contributed by atoms with Gasteiger partial charge in [-0.3, -0.25) is 9.69 Å². The number of likely N-dealkylation sites (N-methyl/N-ethyl adjacent to an activating group) is 1. The summed E-state index contributed by atoms with van der Waals surface area (Å²) in [5.74, 6) is 0.821. The summed E-state index contributed by atoms with van der Waals surface area (Å²) >= 11 is 0. The van der Waals surface area contributed by atoms with E-state index in [1.165, 1.54) is 0 Å². The molecule has 0 aromatic heterocycles. The molecule has 6 nitrogen and oxygen atoms in total. The van der Waals surface area contributed by atoms with Gasteiger partial charge in [0.05, 0.1) is 0 Å². The molecule has 1 unspecified atom stereocenters. The van der Waals surface area contributed by atoms with E-state index in [0.29, 0.717) is 12.6 Å². The molecule has 1 fully saturated rings. The maximum absolute atomic E-state index is 11.7. The highest BCUT2D eigenvalue weighted by Crippen LogP contribution is 2.17. The monoisotopic (exact) mass is 433 g/mol. The van der Waals surface area contributed by atoms with Crippen molar-refractivity contribution in [1.29, 1.82) is 0 Å². The standard InChI is InChI=1S/C16H27N5O.HI/c1-4-8-17-16(18-12-15(22)19(2)3)21-11-7-14(13-21)20-9-5-6-10-20;/h4-6,14H,1,7-13H2,2-3H3,(H,17,18);1H. The lowest BCUT2D eigenvalue weighted by Crippen LogP contribution is -2.43. The normalized spacial score (nSPS) is 21.2. The predicted octanol–water partition coefficient (Wildman–Crippen LogP) is 0.770. The van der Waals surface area contributed by atoms with Crippen LogP contribution in [0.25, 0.3) is 0 Å². The third kappa shape index (κ3) is 5.80. The molecule has 1 N–H and O–H groups in total. The molecule has 7 heteroatoms. The van der Waals surface area contributed by atoms with Crippen LogP contribution >= 0.6 is 24.0 Å². The van der Waals surface area contributed by atoms with Crippen molar-refractivity contribution in [3.8, 4) is 0 Å². The van der Waals surface area contributed by atoms with Gasteiger partial charge in [-0.2, -0.15) is 0 Å². The Morgan fingerprint density at radius 2 is 2.13 bits per heavy atom. The van der Waals surface area contributed by atoms with E-state index in [9.17, 15) is 4.79 Å². The quantitative estimate of drug-likeness (QED) is 0.301. The maximum Gasteiger partial charge on any atom is 0.243 e. The summed E-state index contributed by atoms with van der Waals surface area (Å²) in [5.41, 5.74) is 0. The average molecular weight is 433 g/mol. The molecule has 2 aliphatic rings. The Balaban J connectivity index is 0.00000264. The number of carbonyl (C=O) groups is 1. The van der Waals surface area contributed by atoms with Gasteiger partial charge >= 0.3 is 0 Å². The third-order valence-corrected chi connectivity index (χ3v) is 4.09. The molecule has 0 aromatic rings. The molecule has 23 heavy (non-hydrogen) atoms. The summed E-state index contributed by atoms with van der Waals surface area (Å²) in [6, 6.07) is 0.565. The smallest absolute Gasteiger partial charge is 0.243 e. The number of rotatable bonds is 5. The number of amides is 1. The van der Waals surface area contributed by atoms with Crippen LogP contribution in [0.4, 0.5) is 0 Å². The molecule has 2 aliphatic heterocycles. The summed E-state index contributed by atoms with van der Waals surface area (Å²) in [5, 5.41) is 3.27. The van der Waals surface area contributed by atoms with E-state index in [2.05, 4.69) is 38.8 Å². The van der Waals surface area contributed by atoms with Crippen molar-refractivity contribution < 1.29 is 4.79 Å². The topological polar surface area (TPSA) is 51.2 Å². The number of likely N-dealkylation sites (tertiary alicyclic amines) is 1. The Bertz CT molecular complexity index is 455. The number of hydrogen-bond donors (Lipinski definition) is 1. The summed E-state index contributed by atoms with van der Waals surface area (Å²) < 4.78 is 0. The van der Waals surface area contributed by atoms with Crippen LogP contribution in [0.5, 0.6) is 0 Å². The van der Waals surface area contributed by atoms with Gasteiger partial charge in [0.25, 0.3) is 0 Å². The van der Waals surface area contributed by atoms with E-state index in [1.807, 2.05) is 0 Å². The zero-order valence-electron chi connectivity index (χ0n) is 14.1. The highest BCUT2D eigenvalue weighted by Gasteiger charge is 2.29. The van der Waals surface area contributed by atoms with Gasteiger partial charge in [0.15, 0.2) is 5.96 Å². The minimum atomic E-state index is 0. The molecular formula is C16H28IN5O. The molecule has 1 atom stereocenters. The summed E-state index contributed by atoms with van der Waals surface area (Å²) in [6.45, 7) is 8.59. The average Bonchev–Trinajstić information content (AvgIpc) is 3.17. The van der Waals surface area contributed by atoms with Crippen LogP contribution in [0, 0.1) is 0 Å². The number of carbonyl (C=O) groups excluding carboxylic acids is 1. The van der Waals surface area contributed by atoms with Gasteiger partial charge in [-0.15, -0.1) is 30.6 Å². The van der Waals surface area contributed by atoms with Crippen molar-refractivity contribution in [1.82, 2.24) is 20.0 Å². The fourth-order valence-electron chi connectivity index (χ4n) is 2.74. The lowest BCUT2D eigenvalue weighted by atomic mass is 10.2. The third-order valence-electron chi connectivity index (χ3n) is 4.09. The van der Waals surface area contributed by atoms with Crippen molar-refractivity contribution in [2.75, 3.05) is 53.4 Å². The van der Waals surface area contributed by atoms with Crippen molar-refractivity contribution >= 4 is 35.8 Å². The molecule has 2 heterocycles. The molecule has 0 saturated carbocycles. The Hall–Kier alpha value is -1.09. The molecule has 2 rings (SSSR count). The molecule has 0 bridgehead atoms. The van der Waals surface area contributed by atoms with Crippen LogP contribution in [-0.2, 0) is 4.79 Å². The zero-order valence-corrected chi connectivity index (χ0v) is 16.4. The van der Waals surface area contributed by atoms with Crippen molar-refractivity contribution in [2.45, 2.75) is 12.5 Å². The van der Waals surface area contributed by atoms with Crippen LogP contribution in [0.2, 0.25) is 0 Å². The number of halogens is 1. The first-order valence-electron chi connectivity index (χ1n) is 7.85. The lowest BCUT2D eigenvalue weighted by Gasteiger charge is -2.25. The van der Waals surface area contributed by atoms with Gasteiger partial charge < -0.3 is 15.1 Å². The fourth-order valence-corrected chi connectivity index (χ4v) is 2.74. The lowest BCUT2D eigenvalue weighted by molar-refractivity contribution is -0.127. The second-order valence-corrected chi connectivity index (χ2v) is 5.91. The van der Waals surface area contributed by atoms with Gasteiger partial charge in [0.2, 0.25) is 5.91 Å². The Morgan fingerprint density at radius 1 is 1.43 bits per heavy atom. The fraction of sp³-hybridized carbons (Fsp3) is 0.625. The van der Waals surface area contributed by atoms with E-state index >= 15 is 0 Å². The minimum absolute atomic E-state index is 0. The molecule has 0 spiro atoms. The number of hydrogen-bond acceptors (Lipinski definition) is 3. The molecule has 0 aliphatic carbocycles. The zero-order chi connectivity index (χ0) is 15.9. The highest BCUT2D eigenvalue weighted by molar-refractivity contribution is 14.0. The van der Waals surface area contributed by atoms with E-state index in [4.69, 9.17) is 0 Å². The van der Waals surface area contributed by atoms with Crippen molar-refractivity contribution in [2.24, 2.45) is 4.99 Å². The molecule has 1 amide bonds. The maximum atomic E-state index is 11.7. The number of guanidine groups is 1. The van der Waals surface area contributed by atoms with E-state index < -0.39 is 0 Å². The summed E-state index contributed by atoms with van der Waals surface area (Å²) in [7, 11) is 3.50. The summed E-state index contributed by atoms with van der Waals surface area (Å²) in [6.07, 6.45) is 7.39. The SMILES string of the molecule is C=CCNC(=NCC(=O)N(C)C)N1CCC(N2CC=CC2)C1.I. The largest absolute Gasteiger partial charge is 0.353 e. The second kappa shape index (κ2) is 9.92. The molecule has 1 saturated heterocycles. The van der Waals surface area contributed by atoms with Crippen LogP contribution in [0.15, 0.2) is 29.8 Å². The van der Waals surface area contributed by atoms with Gasteiger partial charge in [0, 0.05) is 52.9 Å². The van der Waals surface area contributed by atoms with Crippen LogP contribution < -0.4 is 5.32 Å². The Labute approximate surface area is 156 Å². The molecule has 0 radical (unpaired) electrons. The number of aliphatic imine (C=N–C) groups is 1. The van der Waals surface area contributed by atoms with Gasteiger partial charge in [0.1, 0.15) is 6.54 Å². The first-order valence-corrected chi connectivity index (χ1v) is 7.85. The Morgan fingerprint density at radius 3 is 2.74 bits per heavy atom. The molecular weight excluding hydrogens is 405 g/mol. The van der Waals surface area contributed by atoms with E-state index in [-0.39, 0.29) is 36.4 Å². The molecule has 0 aromatic carbocycles. The van der Waals surface area contributed by atoms with Crippen LogP contribution in [0.1, 0.15) is 6.42 Å². The van der Waals surface area contributed by atoms with Gasteiger partial charge in [-0.1, -0.05) is 18.2 Å². The Kier molecular flexibility index (Phi) is 8.60. The highest BCUT2D eigenvalue weighted by atomic mass is 127. The van der Waals surface area contributed by atoms with Gasteiger partial charge in [-0.05, 0) is 6.42 Å². The van der Waals surface area contributed by atoms with Crippen molar-refractivity contribution in [3.05, 3.63) is 24.8 Å². The molecule has 130 valence electrons. The second-order valence-electron chi connectivity index (χ2n) is 5.91. The number of nitrogens with zero attached hydrogens (tertiary/aromatic N) is 4. The van der Waals surface area contributed by atoms with Crippen LogP contribution in [0.3, 0.4) is 0 Å². The number of nitrogens with one attached hydrogen (secondary N) is 1. The van der Waals surface area contributed by atoms with Crippen LogP contribution in [-0.4, -0.2) is 86.0 Å². The minimum Gasteiger partial charge on any atom is -0.353 e. The first-order chi connectivity index (χ1) is 10.6. The van der Waals surface area contributed by atoms with E-state index in [0.717, 1.165) is 38.6 Å². The van der Waals surface area contributed by atoms with Crippen molar-refractivity contribution in [3.63, 3.8) is 0 Å².